The number of hydrogen-bond acceptors (Lipinski definition) is 4. The summed E-state index contributed by atoms with van der Waals surface area (Å²) in [4.78, 5) is 13.1. The third-order valence-electron chi connectivity index (χ3n) is 4.41. The Kier molecular flexibility index (Phi) is 8.60. The summed E-state index contributed by atoms with van der Waals surface area (Å²) in [6.07, 6.45) is 3.17. The minimum atomic E-state index is 0.116. The van der Waals surface area contributed by atoms with E-state index in [9.17, 15) is 4.79 Å². The molecule has 0 saturated heterocycles. The number of amides is 1. The van der Waals surface area contributed by atoms with E-state index in [0.29, 0.717) is 26.2 Å². The molecular weight excluding hydrogens is 382 g/mol. The molecule has 0 unspecified atom stereocenters. The van der Waals surface area contributed by atoms with Gasteiger partial charge in [0.05, 0.1) is 6.61 Å². The summed E-state index contributed by atoms with van der Waals surface area (Å²) in [5.41, 5.74) is 1.14. The molecule has 2 aromatic carbocycles. The number of carbonyl (C=O) groups is 1. The molecule has 5 heteroatoms. The van der Waals surface area contributed by atoms with E-state index in [0.717, 1.165) is 36.3 Å². The molecule has 0 fully saturated rings. The van der Waals surface area contributed by atoms with Gasteiger partial charge in [-0.25, -0.2) is 0 Å². The average Bonchev–Trinajstić information content (AvgIpc) is 3.28. The lowest BCUT2D eigenvalue weighted by atomic mass is 10.2. The van der Waals surface area contributed by atoms with Gasteiger partial charge in [0.2, 0.25) is 5.91 Å². The SMILES string of the molecule is O=C(CCc1cccs1)NCCCCOc1ccc(OCc2ccccc2)cc1. The highest BCUT2D eigenvalue weighted by atomic mass is 32.1. The van der Waals surface area contributed by atoms with Crippen LogP contribution in [-0.2, 0) is 17.8 Å². The average molecular weight is 410 g/mol. The van der Waals surface area contributed by atoms with Gasteiger partial charge in [-0.1, -0.05) is 36.4 Å². The molecule has 1 heterocycles. The summed E-state index contributed by atoms with van der Waals surface area (Å²) in [6, 6.07) is 21.9. The van der Waals surface area contributed by atoms with Gasteiger partial charge in [-0.2, -0.15) is 0 Å². The Bertz CT molecular complexity index is 832. The molecule has 1 aromatic heterocycles. The van der Waals surface area contributed by atoms with E-state index in [1.54, 1.807) is 11.3 Å². The van der Waals surface area contributed by atoms with Gasteiger partial charge >= 0.3 is 0 Å². The summed E-state index contributed by atoms with van der Waals surface area (Å²) in [6.45, 7) is 1.88. The Morgan fingerprint density at radius 3 is 2.34 bits per heavy atom. The molecular formula is C24H27NO3S. The first-order valence-corrected chi connectivity index (χ1v) is 10.9. The van der Waals surface area contributed by atoms with Gasteiger partial charge in [0, 0.05) is 17.8 Å². The lowest BCUT2D eigenvalue weighted by molar-refractivity contribution is -0.121. The van der Waals surface area contributed by atoms with Crippen molar-refractivity contribution in [1.29, 1.82) is 0 Å². The fourth-order valence-electron chi connectivity index (χ4n) is 2.80. The lowest BCUT2D eigenvalue weighted by Crippen LogP contribution is -2.24. The number of unbranched alkanes of at least 4 members (excludes halogenated alkanes) is 1. The van der Waals surface area contributed by atoms with Crippen LogP contribution >= 0.6 is 11.3 Å². The van der Waals surface area contributed by atoms with Gasteiger partial charge in [-0.15, -0.1) is 11.3 Å². The molecule has 3 rings (SSSR count). The fourth-order valence-corrected chi connectivity index (χ4v) is 3.51. The fraction of sp³-hybridized carbons (Fsp3) is 0.292. The van der Waals surface area contributed by atoms with E-state index >= 15 is 0 Å². The molecule has 0 aliphatic rings. The Labute approximate surface area is 176 Å². The number of ether oxygens (including phenoxy) is 2. The van der Waals surface area contributed by atoms with Crippen LogP contribution in [-0.4, -0.2) is 19.1 Å². The first-order valence-electron chi connectivity index (χ1n) is 9.98. The molecule has 0 aliphatic carbocycles. The highest BCUT2D eigenvalue weighted by molar-refractivity contribution is 7.09. The predicted octanol–water partition coefficient (Wildman–Crippen LogP) is 5.24. The van der Waals surface area contributed by atoms with Gasteiger partial charge in [0.15, 0.2) is 0 Å². The molecule has 1 amide bonds. The molecule has 29 heavy (non-hydrogen) atoms. The van der Waals surface area contributed by atoms with Gasteiger partial charge in [0.25, 0.3) is 0 Å². The number of nitrogens with one attached hydrogen (secondary N) is 1. The van der Waals surface area contributed by atoms with Gasteiger partial charge < -0.3 is 14.8 Å². The van der Waals surface area contributed by atoms with Crippen molar-refractivity contribution in [3.8, 4) is 11.5 Å². The maximum absolute atomic E-state index is 11.8. The number of rotatable bonds is 12. The van der Waals surface area contributed by atoms with Crippen LogP contribution in [0.3, 0.4) is 0 Å². The predicted molar refractivity (Wildman–Crippen MR) is 118 cm³/mol. The zero-order chi connectivity index (χ0) is 20.2. The third kappa shape index (κ3) is 8.00. The maximum atomic E-state index is 11.8. The van der Waals surface area contributed by atoms with Crippen LogP contribution in [0, 0.1) is 0 Å². The second-order valence-corrected chi connectivity index (χ2v) is 7.76. The molecule has 0 saturated carbocycles. The minimum Gasteiger partial charge on any atom is -0.494 e. The quantitative estimate of drug-likeness (QED) is 0.416. The normalized spacial score (nSPS) is 10.5. The molecule has 0 atom stereocenters. The van der Waals surface area contributed by atoms with Crippen molar-refractivity contribution in [2.45, 2.75) is 32.3 Å². The highest BCUT2D eigenvalue weighted by Gasteiger charge is 2.02. The van der Waals surface area contributed by atoms with Crippen molar-refractivity contribution >= 4 is 17.2 Å². The second kappa shape index (κ2) is 11.9. The number of carbonyl (C=O) groups excluding carboxylic acids is 1. The van der Waals surface area contributed by atoms with Crippen molar-refractivity contribution in [1.82, 2.24) is 5.32 Å². The minimum absolute atomic E-state index is 0.116. The van der Waals surface area contributed by atoms with Crippen LogP contribution in [0.5, 0.6) is 11.5 Å². The van der Waals surface area contributed by atoms with Crippen LogP contribution in [0.2, 0.25) is 0 Å². The van der Waals surface area contributed by atoms with Crippen molar-refractivity contribution in [3.05, 3.63) is 82.6 Å². The van der Waals surface area contributed by atoms with Gasteiger partial charge in [-0.3, -0.25) is 4.79 Å². The van der Waals surface area contributed by atoms with E-state index in [1.165, 1.54) is 4.88 Å². The molecule has 0 aliphatic heterocycles. The summed E-state index contributed by atoms with van der Waals surface area (Å²) in [7, 11) is 0. The molecule has 0 bridgehead atoms. The number of benzene rings is 2. The second-order valence-electron chi connectivity index (χ2n) is 6.73. The van der Waals surface area contributed by atoms with Crippen LogP contribution in [0.1, 0.15) is 29.7 Å². The van der Waals surface area contributed by atoms with Crippen molar-refractivity contribution in [3.63, 3.8) is 0 Å². The third-order valence-corrected chi connectivity index (χ3v) is 5.35. The van der Waals surface area contributed by atoms with Gasteiger partial charge in [-0.05, 0) is 60.5 Å². The van der Waals surface area contributed by atoms with Crippen molar-refractivity contribution < 1.29 is 14.3 Å². The van der Waals surface area contributed by atoms with E-state index in [2.05, 4.69) is 11.4 Å². The maximum Gasteiger partial charge on any atom is 0.220 e. The van der Waals surface area contributed by atoms with Gasteiger partial charge in [0.1, 0.15) is 18.1 Å². The molecule has 152 valence electrons. The monoisotopic (exact) mass is 409 g/mol. The smallest absolute Gasteiger partial charge is 0.220 e. The largest absolute Gasteiger partial charge is 0.494 e. The van der Waals surface area contributed by atoms with E-state index in [1.807, 2.05) is 66.0 Å². The van der Waals surface area contributed by atoms with Crippen LogP contribution in [0.15, 0.2) is 72.1 Å². The molecule has 0 spiro atoms. The molecule has 1 N–H and O–H groups in total. The molecule has 3 aromatic rings. The van der Waals surface area contributed by atoms with E-state index in [4.69, 9.17) is 9.47 Å². The summed E-state index contributed by atoms with van der Waals surface area (Å²) in [5.74, 6) is 1.77. The Hall–Kier alpha value is -2.79. The molecule has 4 nitrogen and oxygen atoms in total. The molecule has 0 radical (unpaired) electrons. The number of hydrogen-bond donors (Lipinski definition) is 1. The standard InChI is InChI=1S/C24H27NO3S/c26-24(15-14-23-9-6-18-29-23)25-16-4-5-17-27-21-10-12-22(13-11-21)28-19-20-7-2-1-3-8-20/h1-3,6-13,18H,4-5,14-17,19H2,(H,25,26). The van der Waals surface area contributed by atoms with Crippen LogP contribution < -0.4 is 14.8 Å². The Balaban J connectivity index is 1.23. The first kappa shape index (κ1) is 20.9. The van der Waals surface area contributed by atoms with Crippen LogP contribution in [0.4, 0.5) is 0 Å². The summed E-state index contributed by atoms with van der Waals surface area (Å²) < 4.78 is 11.5. The summed E-state index contributed by atoms with van der Waals surface area (Å²) in [5, 5.41) is 5.01. The summed E-state index contributed by atoms with van der Waals surface area (Å²) >= 11 is 1.70. The highest BCUT2D eigenvalue weighted by Crippen LogP contribution is 2.19. The van der Waals surface area contributed by atoms with E-state index in [-0.39, 0.29) is 5.91 Å². The Morgan fingerprint density at radius 1 is 0.862 bits per heavy atom. The van der Waals surface area contributed by atoms with E-state index < -0.39 is 0 Å². The topological polar surface area (TPSA) is 47.6 Å². The lowest BCUT2D eigenvalue weighted by Gasteiger charge is -2.09. The van der Waals surface area contributed by atoms with Crippen LogP contribution in [0.25, 0.3) is 0 Å². The number of thiophene rings is 1. The number of aryl methyl sites for hydroxylation is 1. The Morgan fingerprint density at radius 2 is 1.62 bits per heavy atom. The van der Waals surface area contributed by atoms with Crippen molar-refractivity contribution in [2.24, 2.45) is 0 Å². The zero-order valence-corrected chi connectivity index (χ0v) is 17.3. The zero-order valence-electron chi connectivity index (χ0n) is 16.5. The first-order chi connectivity index (χ1) is 14.3. The van der Waals surface area contributed by atoms with Crippen molar-refractivity contribution in [2.75, 3.05) is 13.2 Å².